The number of piperazine rings is 2. The lowest BCUT2D eigenvalue weighted by atomic mass is 10.2. The van der Waals surface area contributed by atoms with Crippen molar-refractivity contribution in [3.63, 3.8) is 0 Å². The average Bonchev–Trinajstić information content (AvgIpc) is 2.75. The fraction of sp³-hybridized carbons (Fsp3) is 1.00. The van der Waals surface area contributed by atoms with Crippen molar-refractivity contribution >= 4 is 18.3 Å². The highest BCUT2D eigenvalue weighted by Crippen LogP contribution is 2.19. The predicted octanol–water partition coefficient (Wildman–Crippen LogP) is 0.790. The molecule has 0 bridgehead atoms. The van der Waals surface area contributed by atoms with Gasteiger partial charge in [0.2, 0.25) is 0 Å². The first-order chi connectivity index (χ1) is 14.0. The first-order valence-corrected chi connectivity index (χ1v) is 15.3. The molecular weight excluding hydrogens is 400 g/mol. The van der Waals surface area contributed by atoms with E-state index >= 15 is 0 Å². The molecule has 2 aliphatic rings. The molecule has 0 N–H and O–H groups in total. The Morgan fingerprint density at radius 3 is 1.59 bits per heavy atom. The Balaban J connectivity index is 1.70. The van der Waals surface area contributed by atoms with Gasteiger partial charge in [0.05, 0.1) is 9.52 Å². The van der Waals surface area contributed by atoms with E-state index in [1.54, 1.807) is 21.3 Å². The molecule has 0 aliphatic carbocycles. The first-order valence-electron chi connectivity index (χ1n) is 11.5. The van der Waals surface area contributed by atoms with E-state index in [1.165, 1.54) is 77.7 Å². The molecule has 0 amide bonds. The normalized spacial score (nSPS) is 21.7. The fourth-order valence-electron chi connectivity index (χ4n) is 4.59. The first kappa shape index (κ1) is 25.4. The highest BCUT2D eigenvalue weighted by molar-refractivity contribution is 6.60. The van der Waals surface area contributed by atoms with E-state index < -0.39 is 8.80 Å². The molecule has 2 rings (SSSR count). The van der Waals surface area contributed by atoms with E-state index in [0.29, 0.717) is 0 Å². The smallest absolute Gasteiger partial charge is 0.377 e. The highest BCUT2D eigenvalue weighted by atomic mass is 28.4. The fourth-order valence-corrected chi connectivity index (χ4v) is 8.85. The lowest BCUT2D eigenvalue weighted by Gasteiger charge is -2.46. The van der Waals surface area contributed by atoms with Gasteiger partial charge in [-0.05, 0) is 20.5 Å². The molecule has 0 aromatic carbocycles. The van der Waals surface area contributed by atoms with Crippen LogP contribution in [0.15, 0.2) is 0 Å². The maximum absolute atomic E-state index is 5.53. The summed E-state index contributed by atoms with van der Waals surface area (Å²) in [5.74, 6) is 0.771. The molecule has 0 atom stereocenters. The summed E-state index contributed by atoms with van der Waals surface area (Å²) in [7, 11) is 7.15. The predicted molar refractivity (Wildman–Crippen MR) is 125 cm³/mol. The summed E-state index contributed by atoms with van der Waals surface area (Å²) in [5, 5.41) is 0. The second-order valence-electron chi connectivity index (χ2n) is 8.76. The van der Waals surface area contributed by atoms with Crippen LogP contribution in [0, 0.1) is 0 Å². The van der Waals surface area contributed by atoms with Crippen LogP contribution < -0.4 is 0 Å². The lowest BCUT2D eigenvalue weighted by Crippen LogP contribution is -2.61. The minimum Gasteiger partial charge on any atom is -0.377 e. The Kier molecular flexibility index (Phi) is 11.9. The molecule has 2 fully saturated rings. The molecule has 172 valence electrons. The maximum Gasteiger partial charge on any atom is 0.500 e. The SMILES string of the molecule is CO[Si](CCCCCC[SiH2]C(N1CCN(C)CC1)N1CCN(C)CC1)(OC)OC. The summed E-state index contributed by atoms with van der Waals surface area (Å²) < 4.78 is 16.6. The van der Waals surface area contributed by atoms with Crippen LogP contribution in [0.25, 0.3) is 0 Å². The van der Waals surface area contributed by atoms with Gasteiger partial charge in [-0.15, -0.1) is 0 Å². The molecule has 0 saturated carbocycles. The Morgan fingerprint density at radius 1 is 0.690 bits per heavy atom. The number of unbranched alkanes of at least 4 members (excludes halogenated alkanes) is 3. The third-order valence-electron chi connectivity index (χ3n) is 6.80. The zero-order valence-electron chi connectivity index (χ0n) is 19.7. The van der Waals surface area contributed by atoms with Crippen molar-refractivity contribution in [3.8, 4) is 0 Å². The zero-order valence-corrected chi connectivity index (χ0v) is 22.1. The molecule has 0 aromatic rings. The van der Waals surface area contributed by atoms with E-state index in [9.17, 15) is 0 Å². The summed E-state index contributed by atoms with van der Waals surface area (Å²) in [6.07, 6.45) is 5.11. The topological polar surface area (TPSA) is 40.7 Å². The van der Waals surface area contributed by atoms with Crippen molar-refractivity contribution in [1.29, 1.82) is 0 Å². The van der Waals surface area contributed by atoms with E-state index in [-0.39, 0.29) is 9.52 Å². The minimum atomic E-state index is -2.37. The van der Waals surface area contributed by atoms with Crippen LogP contribution in [0.5, 0.6) is 0 Å². The van der Waals surface area contributed by atoms with Crippen molar-refractivity contribution in [2.75, 3.05) is 87.8 Å². The Hall–Kier alpha value is 0.154. The van der Waals surface area contributed by atoms with Crippen molar-refractivity contribution < 1.29 is 13.3 Å². The highest BCUT2D eigenvalue weighted by Gasteiger charge is 2.36. The standard InChI is InChI=1S/C20H46N4O3Si2/c1-21-10-14-23(15-11-21)20(24-16-12-22(2)13-17-24)28-18-8-6-7-9-19-29(25-3,26-4)27-5/h20H,6-19,28H2,1-5H3. The maximum atomic E-state index is 5.53. The van der Waals surface area contributed by atoms with Gasteiger partial charge in [-0.1, -0.05) is 25.3 Å². The number of hydrogen-bond donors (Lipinski definition) is 0. The second kappa shape index (κ2) is 13.5. The quantitative estimate of drug-likeness (QED) is 0.306. The zero-order chi connectivity index (χ0) is 21.1. The molecule has 2 heterocycles. The summed E-state index contributed by atoms with van der Waals surface area (Å²) in [6.45, 7) is 9.89. The number of hydrogen-bond acceptors (Lipinski definition) is 7. The van der Waals surface area contributed by atoms with Gasteiger partial charge in [-0.3, -0.25) is 9.80 Å². The van der Waals surface area contributed by atoms with Crippen molar-refractivity contribution in [2.45, 2.75) is 43.6 Å². The Bertz CT molecular complexity index is 400. The monoisotopic (exact) mass is 446 g/mol. The Morgan fingerprint density at radius 2 is 1.14 bits per heavy atom. The van der Waals surface area contributed by atoms with Crippen molar-refractivity contribution in [3.05, 3.63) is 0 Å². The minimum absolute atomic E-state index is 0.124. The van der Waals surface area contributed by atoms with Gasteiger partial charge in [-0.25, -0.2) is 0 Å². The molecule has 7 nitrogen and oxygen atoms in total. The molecular formula is C20H46N4O3Si2. The molecule has 29 heavy (non-hydrogen) atoms. The molecule has 0 spiro atoms. The summed E-state index contributed by atoms with van der Waals surface area (Å²) in [4.78, 5) is 10.6. The van der Waals surface area contributed by atoms with E-state index in [4.69, 9.17) is 13.3 Å². The lowest BCUT2D eigenvalue weighted by molar-refractivity contribution is 0.0311. The molecule has 0 aromatic heterocycles. The molecule has 2 saturated heterocycles. The number of rotatable bonds is 13. The van der Waals surface area contributed by atoms with Crippen LogP contribution in [0.1, 0.15) is 25.7 Å². The van der Waals surface area contributed by atoms with Crippen LogP contribution in [0.3, 0.4) is 0 Å². The number of likely N-dealkylation sites (N-methyl/N-ethyl adjacent to an activating group) is 2. The van der Waals surface area contributed by atoms with E-state index in [0.717, 1.165) is 18.3 Å². The van der Waals surface area contributed by atoms with Crippen LogP contribution in [-0.2, 0) is 13.3 Å². The molecule has 0 unspecified atom stereocenters. The summed E-state index contributed by atoms with van der Waals surface area (Å²) >= 11 is 0. The van der Waals surface area contributed by atoms with Gasteiger partial charge in [0.1, 0.15) is 0 Å². The average molecular weight is 447 g/mol. The van der Waals surface area contributed by atoms with Gasteiger partial charge in [0.15, 0.2) is 0 Å². The van der Waals surface area contributed by atoms with Crippen molar-refractivity contribution in [1.82, 2.24) is 19.6 Å². The van der Waals surface area contributed by atoms with Gasteiger partial charge >= 0.3 is 8.80 Å². The van der Waals surface area contributed by atoms with E-state index in [1.807, 2.05) is 0 Å². The summed E-state index contributed by atoms with van der Waals surface area (Å²) in [5.41, 5.74) is 0. The van der Waals surface area contributed by atoms with Gasteiger partial charge in [0.25, 0.3) is 0 Å². The van der Waals surface area contributed by atoms with E-state index in [2.05, 4.69) is 33.7 Å². The van der Waals surface area contributed by atoms with Crippen LogP contribution in [0.2, 0.25) is 12.1 Å². The number of nitrogens with zero attached hydrogens (tertiary/aromatic N) is 4. The van der Waals surface area contributed by atoms with Crippen molar-refractivity contribution in [2.24, 2.45) is 0 Å². The molecule has 9 heteroatoms. The van der Waals surface area contributed by atoms with Gasteiger partial charge in [0, 0.05) is 85.5 Å². The summed E-state index contributed by atoms with van der Waals surface area (Å²) in [6, 6.07) is 2.39. The Labute approximate surface area is 182 Å². The van der Waals surface area contributed by atoms with Crippen LogP contribution >= 0.6 is 0 Å². The molecule has 2 aliphatic heterocycles. The van der Waals surface area contributed by atoms with Crippen LogP contribution in [-0.4, -0.2) is 131 Å². The van der Waals surface area contributed by atoms with Crippen LogP contribution in [0.4, 0.5) is 0 Å². The van der Waals surface area contributed by atoms with Gasteiger partial charge in [-0.2, -0.15) is 0 Å². The third kappa shape index (κ3) is 8.31. The third-order valence-corrected chi connectivity index (χ3v) is 12.1. The van der Waals surface area contributed by atoms with Gasteiger partial charge < -0.3 is 23.1 Å². The second-order valence-corrected chi connectivity index (χ2v) is 13.9. The largest absolute Gasteiger partial charge is 0.500 e. The molecule has 0 radical (unpaired) electrons.